The molecule has 1 aliphatic carbocycles. The minimum absolute atomic E-state index is 0.0427. The van der Waals surface area contributed by atoms with Crippen molar-refractivity contribution < 1.29 is 19.4 Å². The van der Waals surface area contributed by atoms with Gasteiger partial charge in [-0.2, -0.15) is 0 Å². The number of carbonyl (C=O) groups excluding carboxylic acids is 1. The largest absolute Gasteiger partial charge is 0.490 e. The van der Waals surface area contributed by atoms with Crippen molar-refractivity contribution in [1.82, 2.24) is 9.80 Å². The monoisotopic (exact) mass is 388 g/mol. The van der Waals surface area contributed by atoms with Crippen molar-refractivity contribution in [2.24, 2.45) is 0 Å². The summed E-state index contributed by atoms with van der Waals surface area (Å²) in [6.45, 7) is 1.42. The van der Waals surface area contributed by atoms with Gasteiger partial charge in [0.15, 0.2) is 0 Å². The van der Waals surface area contributed by atoms with Crippen molar-refractivity contribution in [3.8, 4) is 5.75 Å². The molecule has 3 rings (SSSR count). The summed E-state index contributed by atoms with van der Waals surface area (Å²) in [5.41, 5.74) is 0.688. The average molecular weight is 389 g/mol. The van der Waals surface area contributed by atoms with Crippen molar-refractivity contribution in [3.05, 3.63) is 29.8 Å². The molecular weight excluding hydrogens is 356 g/mol. The van der Waals surface area contributed by atoms with Crippen molar-refractivity contribution in [2.75, 3.05) is 26.7 Å². The van der Waals surface area contributed by atoms with Gasteiger partial charge in [-0.05, 0) is 76.3 Å². The zero-order valence-corrected chi connectivity index (χ0v) is 16.8. The van der Waals surface area contributed by atoms with E-state index in [1.54, 1.807) is 0 Å². The van der Waals surface area contributed by atoms with Gasteiger partial charge in [0.1, 0.15) is 5.75 Å². The number of nitrogens with zero attached hydrogens (tertiary/aromatic N) is 2. The van der Waals surface area contributed by atoms with Crippen LogP contribution in [0.25, 0.3) is 0 Å². The molecule has 0 spiro atoms. The Balaban J connectivity index is 1.53. The molecule has 0 bridgehead atoms. The van der Waals surface area contributed by atoms with Crippen LogP contribution in [-0.4, -0.2) is 65.6 Å². The highest BCUT2D eigenvalue weighted by Crippen LogP contribution is 2.24. The van der Waals surface area contributed by atoms with E-state index in [1.165, 1.54) is 19.3 Å². The molecule has 6 heteroatoms. The van der Waals surface area contributed by atoms with Crippen LogP contribution in [0, 0.1) is 0 Å². The Bertz CT molecular complexity index is 655. The summed E-state index contributed by atoms with van der Waals surface area (Å²) in [4.78, 5) is 27.6. The van der Waals surface area contributed by atoms with E-state index in [9.17, 15) is 9.59 Å². The van der Waals surface area contributed by atoms with Gasteiger partial charge in [0.2, 0.25) is 0 Å². The molecule has 0 unspecified atom stereocenters. The molecule has 1 saturated carbocycles. The summed E-state index contributed by atoms with van der Waals surface area (Å²) in [7, 11) is 1.85. The third kappa shape index (κ3) is 5.71. The van der Waals surface area contributed by atoms with Crippen LogP contribution < -0.4 is 4.74 Å². The van der Waals surface area contributed by atoms with Crippen molar-refractivity contribution in [2.45, 2.75) is 63.5 Å². The van der Waals surface area contributed by atoms with E-state index in [1.807, 2.05) is 41.1 Å². The van der Waals surface area contributed by atoms with Crippen LogP contribution in [-0.2, 0) is 4.79 Å². The maximum Gasteiger partial charge on any atom is 0.317 e. The van der Waals surface area contributed by atoms with Crippen LogP contribution in [0.4, 0.5) is 0 Å². The Labute approximate surface area is 167 Å². The first-order chi connectivity index (χ1) is 13.5. The second-order valence-corrected chi connectivity index (χ2v) is 8.09. The van der Waals surface area contributed by atoms with E-state index in [0.29, 0.717) is 18.2 Å². The number of benzene rings is 1. The van der Waals surface area contributed by atoms with Crippen molar-refractivity contribution >= 4 is 11.9 Å². The highest BCUT2D eigenvalue weighted by Gasteiger charge is 2.24. The molecular formula is C22H32N2O4. The Morgan fingerprint density at radius 3 is 2.43 bits per heavy atom. The van der Waals surface area contributed by atoms with Crippen LogP contribution >= 0.6 is 0 Å². The van der Waals surface area contributed by atoms with Crippen LogP contribution in [0.5, 0.6) is 5.75 Å². The van der Waals surface area contributed by atoms with Crippen molar-refractivity contribution in [1.29, 1.82) is 0 Å². The van der Waals surface area contributed by atoms with E-state index in [4.69, 9.17) is 9.84 Å². The fourth-order valence-electron chi connectivity index (χ4n) is 4.30. The van der Waals surface area contributed by atoms with E-state index < -0.39 is 5.97 Å². The van der Waals surface area contributed by atoms with E-state index in [-0.39, 0.29) is 18.5 Å². The average Bonchev–Trinajstić information content (AvgIpc) is 2.95. The number of aliphatic carboxylic acids is 1. The predicted octanol–water partition coefficient (Wildman–Crippen LogP) is 3.41. The third-order valence-electron chi connectivity index (χ3n) is 5.95. The lowest BCUT2D eigenvalue weighted by Gasteiger charge is -2.25. The number of rotatable bonds is 6. The molecule has 0 aromatic heterocycles. The molecule has 1 aliphatic heterocycles. The highest BCUT2D eigenvalue weighted by molar-refractivity contribution is 5.94. The molecule has 1 atom stereocenters. The van der Waals surface area contributed by atoms with E-state index in [2.05, 4.69) is 0 Å². The zero-order chi connectivity index (χ0) is 19.9. The second kappa shape index (κ2) is 9.92. The molecule has 1 heterocycles. The van der Waals surface area contributed by atoms with Crippen LogP contribution in [0.2, 0.25) is 0 Å². The number of likely N-dealkylation sites (tertiary alicyclic amines) is 1. The van der Waals surface area contributed by atoms with Gasteiger partial charge in [-0.3, -0.25) is 14.5 Å². The minimum Gasteiger partial charge on any atom is -0.490 e. The highest BCUT2D eigenvalue weighted by atomic mass is 16.5. The number of hydrogen-bond acceptors (Lipinski definition) is 4. The van der Waals surface area contributed by atoms with Gasteiger partial charge < -0.3 is 14.7 Å². The molecule has 6 nitrogen and oxygen atoms in total. The number of ether oxygens (including phenoxy) is 1. The molecule has 1 amide bonds. The van der Waals surface area contributed by atoms with Gasteiger partial charge in [0.25, 0.3) is 5.91 Å². The SMILES string of the molecule is CN(CC(=O)O)[C@H]1CCCN(C(=O)c2ccc(OC3CCCCC3)cc2)CC1. The third-order valence-corrected chi connectivity index (χ3v) is 5.95. The summed E-state index contributed by atoms with van der Waals surface area (Å²) < 4.78 is 6.05. The Morgan fingerprint density at radius 2 is 1.75 bits per heavy atom. The van der Waals surface area contributed by atoms with Crippen LogP contribution in [0.15, 0.2) is 24.3 Å². The summed E-state index contributed by atoms with van der Waals surface area (Å²) in [5, 5.41) is 8.98. The number of carboxylic acids is 1. The normalized spacial score (nSPS) is 21.4. The lowest BCUT2D eigenvalue weighted by atomic mass is 9.98. The Hall–Kier alpha value is -2.08. The topological polar surface area (TPSA) is 70.1 Å². The molecule has 0 radical (unpaired) electrons. The lowest BCUT2D eigenvalue weighted by molar-refractivity contribution is -0.138. The summed E-state index contributed by atoms with van der Waals surface area (Å²) in [5.74, 6) is 0.0793. The van der Waals surface area contributed by atoms with Gasteiger partial charge in [-0.25, -0.2) is 0 Å². The fraction of sp³-hybridized carbons (Fsp3) is 0.636. The number of hydrogen-bond donors (Lipinski definition) is 1. The fourth-order valence-corrected chi connectivity index (χ4v) is 4.30. The van der Waals surface area contributed by atoms with Crippen molar-refractivity contribution in [3.63, 3.8) is 0 Å². The number of amides is 1. The number of carbonyl (C=O) groups is 2. The molecule has 2 fully saturated rings. The first-order valence-corrected chi connectivity index (χ1v) is 10.5. The standard InChI is InChI=1S/C22H32N2O4/c1-23(16-21(25)26)18-6-5-14-24(15-13-18)22(27)17-9-11-20(12-10-17)28-19-7-3-2-4-8-19/h9-12,18-19H,2-8,13-16H2,1H3,(H,25,26)/t18-/m0/s1. The summed E-state index contributed by atoms with van der Waals surface area (Å²) in [6, 6.07) is 7.74. The summed E-state index contributed by atoms with van der Waals surface area (Å²) in [6.07, 6.45) is 8.93. The zero-order valence-electron chi connectivity index (χ0n) is 16.8. The van der Waals surface area contributed by atoms with Gasteiger partial charge in [-0.15, -0.1) is 0 Å². The smallest absolute Gasteiger partial charge is 0.317 e. The Kier molecular flexibility index (Phi) is 7.31. The second-order valence-electron chi connectivity index (χ2n) is 8.09. The van der Waals surface area contributed by atoms with Crippen LogP contribution in [0.1, 0.15) is 61.7 Å². The number of carboxylic acid groups (broad SMARTS) is 1. The maximum atomic E-state index is 12.9. The predicted molar refractivity (Wildman–Crippen MR) is 108 cm³/mol. The van der Waals surface area contributed by atoms with Crippen LogP contribution in [0.3, 0.4) is 0 Å². The molecule has 1 aromatic carbocycles. The molecule has 28 heavy (non-hydrogen) atoms. The maximum absolute atomic E-state index is 12.9. The molecule has 154 valence electrons. The van der Waals surface area contributed by atoms with Gasteiger partial charge >= 0.3 is 5.97 Å². The van der Waals surface area contributed by atoms with E-state index >= 15 is 0 Å². The molecule has 2 aliphatic rings. The first-order valence-electron chi connectivity index (χ1n) is 10.5. The van der Waals surface area contributed by atoms with Gasteiger partial charge in [-0.1, -0.05) is 6.42 Å². The van der Waals surface area contributed by atoms with E-state index in [0.717, 1.165) is 44.4 Å². The lowest BCUT2D eigenvalue weighted by Crippen LogP contribution is -2.37. The minimum atomic E-state index is -0.810. The van der Waals surface area contributed by atoms with Gasteiger partial charge in [0.05, 0.1) is 12.6 Å². The molecule has 1 aromatic rings. The Morgan fingerprint density at radius 1 is 1.04 bits per heavy atom. The molecule has 1 saturated heterocycles. The van der Waals surface area contributed by atoms with Gasteiger partial charge in [0, 0.05) is 24.7 Å². The first kappa shape index (κ1) is 20.6. The summed E-state index contributed by atoms with van der Waals surface area (Å²) >= 11 is 0. The molecule has 1 N–H and O–H groups in total. The quantitative estimate of drug-likeness (QED) is 0.809. The number of likely N-dealkylation sites (N-methyl/N-ethyl adjacent to an activating group) is 1.